The first-order valence-corrected chi connectivity index (χ1v) is 12.8. The van der Waals surface area contributed by atoms with E-state index in [0.29, 0.717) is 36.9 Å². The first-order valence-electron chi connectivity index (χ1n) is 12.8. The van der Waals surface area contributed by atoms with Crippen LogP contribution in [0.25, 0.3) is 17.2 Å². The zero-order valence-corrected chi connectivity index (χ0v) is 20.0. The van der Waals surface area contributed by atoms with E-state index in [-0.39, 0.29) is 18.1 Å². The van der Waals surface area contributed by atoms with Gasteiger partial charge in [-0.15, -0.1) is 0 Å². The molecule has 2 aromatic heterocycles. The molecule has 2 aliphatic heterocycles. The Labute approximate surface area is 206 Å². The van der Waals surface area contributed by atoms with Crippen LogP contribution in [0.15, 0.2) is 31.0 Å². The van der Waals surface area contributed by atoms with Crippen LogP contribution in [0.3, 0.4) is 0 Å². The van der Waals surface area contributed by atoms with Crippen LogP contribution < -0.4 is 4.90 Å². The molecule has 2 aliphatic carbocycles. The molecule has 4 heterocycles. The van der Waals surface area contributed by atoms with Gasteiger partial charge in [0.05, 0.1) is 35.5 Å². The standard InChI is InChI=1S/C28H31N5O2/c1-2-22-13-20(7-9-30-22)24-14-21(16-29)28(31-27(24)19-5-6-19)32-10-11-33(25(17-32)18-3-4-18)26(34)15-23-8-12-35-23/h2,7,9,13-14,18-19,23,25H,1,3-6,8,10-12,15,17H2/t23-,25+/m1/s1. The Hall–Kier alpha value is -3.24. The van der Waals surface area contributed by atoms with Gasteiger partial charge in [-0.05, 0) is 67.9 Å². The number of aromatic nitrogens is 2. The van der Waals surface area contributed by atoms with E-state index in [1.165, 1.54) is 12.8 Å². The van der Waals surface area contributed by atoms with Gasteiger partial charge in [0.1, 0.15) is 11.9 Å². The highest BCUT2D eigenvalue weighted by molar-refractivity contribution is 5.78. The summed E-state index contributed by atoms with van der Waals surface area (Å²) in [6.45, 7) is 6.72. The lowest BCUT2D eigenvalue weighted by molar-refractivity contribution is -0.142. The summed E-state index contributed by atoms with van der Waals surface area (Å²) in [6, 6.07) is 8.60. The maximum atomic E-state index is 13.1. The van der Waals surface area contributed by atoms with Gasteiger partial charge in [0.2, 0.25) is 5.91 Å². The second kappa shape index (κ2) is 9.09. The number of piperazine rings is 1. The van der Waals surface area contributed by atoms with Gasteiger partial charge in [-0.2, -0.15) is 5.26 Å². The molecule has 2 saturated carbocycles. The summed E-state index contributed by atoms with van der Waals surface area (Å²) in [5, 5.41) is 10.1. The maximum absolute atomic E-state index is 13.1. The van der Waals surface area contributed by atoms with Crippen LogP contribution in [0.5, 0.6) is 0 Å². The van der Waals surface area contributed by atoms with E-state index in [1.54, 1.807) is 12.3 Å². The van der Waals surface area contributed by atoms with Crippen molar-refractivity contribution in [2.75, 3.05) is 31.1 Å². The summed E-state index contributed by atoms with van der Waals surface area (Å²) in [5.74, 6) is 1.97. The van der Waals surface area contributed by atoms with Crippen LogP contribution in [0.1, 0.15) is 61.4 Å². The molecule has 180 valence electrons. The van der Waals surface area contributed by atoms with E-state index >= 15 is 0 Å². The summed E-state index contributed by atoms with van der Waals surface area (Å²) < 4.78 is 5.51. The second-order valence-electron chi connectivity index (χ2n) is 10.3. The van der Waals surface area contributed by atoms with Crippen LogP contribution >= 0.6 is 0 Å². The fraction of sp³-hybridized carbons (Fsp3) is 0.500. The Morgan fingerprint density at radius 1 is 1.23 bits per heavy atom. The van der Waals surface area contributed by atoms with Gasteiger partial charge >= 0.3 is 0 Å². The Morgan fingerprint density at radius 2 is 2.06 bits per heavy atom. The Balaban J connectivity index is 1.30. The highest BCUT2D eigenvalue weighted by atomic mass is 16.5. The number of pyridine rings is 2. The molecule has 0 bridgehead atoms. The number of ether oxygens (including phenoxy) is 1. The van der Waals surface area contributed by atoms with Crippen LogP contribution in [0.2, 0.25) is 0 Å². The molecule has 35 heavy (non-hydrogen) atoms. The molecule has 0 N–H and O–H groups in total. The van der Waals surface area contributed by atoms with Crippen LogP contribution in [-0.4, -0.2) is 59.2 Å². The summed E-state index contributed by atoms with van der Waals surface area (Å²) >= 11 is 0. The molecule has 0 aromatic carbocycles. The lowest BCUT2D eigenvalue weighted by Gasteiger charge is -2.43. The minimum absolute atomic E-state index is 0.0932. The zero-order valence-electron chi connectivity index (χ0n) is 20.0. The van der Waals surface area contributed by atoms with Crippen molar-refractivity contribution in [2.45, 2.75) is 56.6 Å². The van der Waals surface area contributed by atoms with Gasteiger partial charge in [-0.3, -0.25) is 9.78 Å². The molecule has 7 heteroatoms. The van der Waals surface area contributed by atoms with E-state index in [1.807, 2.05) is 18.2 Å². The number of amides is 1. The van der Waals surface area contributed by atoms with Crippen molar-refractivity contribution in [1.82, 2.24) is 14.9 Å². The van der Waals surface area contributed by atoms with E-state index in [0.717, 1.165) is 60.7 Å². The van der Waals surface area contributed by atoms with Crippen molar-refractivity contribution in [2.24, 2.45) is 5.92 Å². The normalized spacial score (nSPS) is 24.0. The molecule has 4 fully saturated rings. The number of nitriles is 1. The number of hydrogen-bond donors (Lipinski definition) is 0. The average molecular weight is 470 g/mol. The molecular weight excluding hydrogens is 438 g/mol. The molecule has 4 aliphatic rings. The molecule has 6 rings (SSSR count). The maximum Gasteiger partial charge on any atom is 0.225 e. The third-order valence-electron chi connectivity index (χ3n) is 7.82. The Bertz CT molecular complexity index is 1190. The van der Waals surface area contributed by atoms with Gasteiger partial charge in [-0.1, -0.05) is 6.58 Å². The second-order valence-corrected chi connectivity index (χ2v) is 10.3. The topological polar surface area (TPSA) is 82.4 Å². The molecule has 0 radical (unpaired) electrons. The van der Waals surface area contributed by atoms with Crippen LogP contribution in [0.4, 0.5) is 5.82 Å². The number of hydrogen-bond acceptors (Lipinski definition) is 6. The van der Waals surface area contributed by atoms with Crippen molar-refractivity contribution >= 4 is 17.8 Å². The monoisotopic (exact) mass is 469 g/mol. The lowest BCUT2D eigenvalue weighted by Crippen LogP contribution is -2.57. The first-order chi connectivity index (χ1) is 17.1. The highest BCUT2D eigenvalue weighted by Crippen LogP contribution is 2.45. The highest BCUT2D eigenvalue weighted by Gasteiger charge is 2.42. The van der Waals surface area contributed by atoms with Gasteiger partial charge in [0, 0.05) is 43.9 Å². The summed E-state index contributed by atoms with van der Waals surface area (Å²) in [4.78, 5) is 26.9. The predicted octanol–water partition coefficient (Wildman–Crippen LogP) is 4.14. The minimum atomic E-state index is 0.0932. The quantitative estimate of drug-likeness (QED) is 0.606. The van der Waals surface area contributed by atoms with E-state index in [9.17, 15) is 10.1 Å². The van der Waals surface area contributed by atoms with Crippen molar-refractivity contribution in [1.29, 1.82) is 5.26 Å². The lowest BCUT2D eigenvalue weighted by atomic mass is 9.98. The number of anilines is 1. The van der Waals surface area contributed by atoms with E-state index < -0.39 is 0 Å². The van der Waals surface area contributed by atoms with E-state index in [2.05, 4.69) is 27.4 Å². The number of carbonyl (C=O) groups excluding carboxylic acids is 1. The molecule has 0 unspecified atom stereocenters. The number of rotatable bonds is 7. The Kier molecular flexibility index (Phi) is 5.77. The van der Waals surface area contributed by atoms with Crippen molar-refractivity contribution in [3.8, 4) is 17.2 Å². The van der Waals surface area contributed by atoms with E-state index in [4.69, 9.17) is 9.72 Å². The fourth-order valence-corrected chi connectivity index (χ4v) is 5.42. The zero-order chi connectivity index (χ0) is 23.9. The smallest absolute Gasteiger partial charge is 0.225 e. The molecule has 2 aromatic rings. The minimum Gasteiger partial charge on any atom is -0.377 e. The first kappa shape index (κ1) is 22.2. The molecular formula is C28H31N5O2. The summed E-state index contributed by atoms with van der Waals surface area (Å²) in [5.41, 5.74) is 4.53. The molecule has 2 saturated heterocycles. The SMILES string of the molecule is C=Cc1cc(-c2cc(C#N)c(N3CCN(C(=O)C[C@H]4CCO4)[C@H](C4CC4)C3)nc2C2CC2)ccn1. The van der Waals surface area contributed by atoms with Gasteiger partial charge in [0.25, 0.3) is 0 Å². The van der Waals surface area contributed by atoms with Crippen molar-refractivity contribution < 1.29 is 9.53 Å². The van der Waals surface area contributed by atoms with Crippen LogP contribution in [0, 0.1) is 17.2 Å². The van der Waals surface area contributed by atoms with Crippen molar-refractivity contribution in [3.63, 3.8) is 0 Å². The summed E-state index contributed by atoms with van der Waals surface area (Å²) in [6.07, 6.45) is 9.68. The molecule has 7 nitrogen and oxygen atoms in total. The van der Waals surface area contributed by atoms with Crippen molar-refractivity contribution in [3.05, 3.63) is 47.9 Å². The van der Waals surface area contributed by atoms with Gasteiger partial charge in [-0.25, -0.2) is 4.98 Å². The molecule has 1 amide bonds. The van der Waals surface area contributed by atoms with Crippen LogP contribution in [-0.2, 0) is 9.53 Å². The summed E-state index contributed by atoms with van der Waals surface area (Å²) in [7, 11) is 0. The molecule has 2 atom stereocenters. The largest absolute Gasteiger partial charge is 0.377 e. The number of carbonyl (C=O) groups is 1. The third kappa shape index (κ3) is 4.43. The number of nitrogens with zero attached hydrogens (tertiary/aromatic N) is 5. The molecule has 0 spiro atoms. The fourth-order valence-electron chi connectivity index (χ4n) is 5.42. The van der Waals surface area contributed by atoms with Gasteiger partial charge in [0.15, 0.2) is 0 Å². The third-order valence-corrected chi connectivity index (χ3v) is 7.82. The predicted molar refractivity (Wildman–Crippen MR) is 134 cm³/mol. The van der Waals surface area contributed by atoms with Gasteiger partial charge < -0.3 is 14.5 Å². The average Bonchev–Trinajstić information content (AvgIpc) is 3.78. The Morgan fingerprint density at radius 3 is 2.71 bits per heavy atom.